The Morgan fingerprint density at radius 2 is 1.83 bits per heavy atom. The maximum Gasteiger partial charge on any atom is 0.198 e. The quantitative estimate of drug-likeness (QED) is 0.775. The monoisotopic (exact) mass is 242 g/mol. The van der Waals surface area contributed by atoms with Crippen LogP contribution < -0.4 is 4.74 Å². The van der Waals surface area contributed by atoms with Gasteiger partial charge in [0.1, 0.15) is 5.75 Å². The summed E-state index contributed by atoms with van der Waals surface area (Å²) in [5, 5.41) is 7.89. The van der Waals surface area contributed by atoms with Gasteiger partial charge in [-0.2, -0.15) is 10.2 Å². The molecular weight excluding hydrogens is 228 g/mol. The Morgan fingerprint density at radius 3 is 2.56 bits per heavy atom. The van der Waals surface area contributed by atoms with Crippen molar-refractivity contribution in [3.8, 4) is 5.75 Å². The van der Waals surface area contributed by atoms with E-state index < -0.39 is 0 Å². The lowest BCUT2D eigenvalue weighted by atomic mass is 10.0. The lowest BCUT2D eigenvalue weighted by Crippen LogP contribution is -2.08. The Kier molecular flexibility index (Phi) is 3.37. The summed E-state index contributed by atoms with van der Waals surface area (Å²) >= 11 is 0. The Balaban J connectivity index is 2.51. The molecule has 0 aliphatic heterocycles. The molecule has 0 atom stereocenters. The molecule has 0 saturated heterocycles. The first-order valence-electron chi connectivity index (χ1n) is 5.62. The van der Waals surface area contributed by atoms with Crippen LogP contribution in [0.1, 0.15) is 27.3 Å². The molecule has 0 amide bonds. The van der Waals surface area contributed by atoms with Gasteiger partial charge in [0, 0.05) is 5.56 Å². The van der Waals surface area contributed by atoms with Gasteiger partial charge in [0.15, 0.2) is 5.78 Å². The average molecular weight is 242 g/mol. The second-order valence-corrected chi connectivity index (χ2v) is 4.01. The predicted molar refractivity (Wildman–Crippen MR) is 67.9 cm³/mol. The van der Waals surface area contributed by atoms with Crippen molar-refractivity contribution in [2.24, 2.45) is 0 Å². The molecule has 18 heavy (non-hydrogen) atoms. The number of carbonyl (C=O) groups excluding carboxylic acids is 1. The highest BCUT2D eigenvalue weighted by molar-refractivity contribution is 6.11. The van der Waals surface area contributed by atoms with Crippen molar-refractivity contribution in [1.82, 2.24) is 10.2 Å². The van der Waals surface area contributed by atoms with E-state index >= 15 is 0 Å². The third-order valence-corrected chi connectivity index (χ3v) is 2.70. The van der Waals surface area contributed by atoms with Crippen LogP contribution in [0.5, 0.6) is 5.75 Å². The standard InChI is InChI=1S/C14H14N2O2/c1-9-8-12(10(2)16-15-9)14(17)11-6-4-5-7-13(11)18-3/h4-8H,1-3H3. The lowest BCUT2D eigenvalue weighted by molar-refractivity contribution is 0.103. The summed E-state index contributed by atoms with van der Waals surface area (Å²) in [6.07, 6.45) is 0. The first-order valence-corrected chi connectivity index (χ1v) is 5.62. The van der Waals surface area contributed by atoms with E-state index in [2.05, 4.69) is 10.2 Å². The summed E-state index contributed by atoms with van der Waals surface area (Å²) in [7, 11) is 1.55. The third kappa shape index (κ3) is 2.22. The summed E-state index contributed by atoms with van der Waals surface area (Å²) in [6.45, 7) is 3.58. The minimum atomic E-state index is -0.0945. The molecule has 1 heterocycles. The van der Waals surface area contributed by atoms with E-state index in [-0.39, 0.29) is 5.78 Å². The Morgan fingerprint density at radius 1 is 1.11 bits per heavy atom. The number of rotatable bonds is 3. The number of ketones is 1. The van der Waals surface area contributed by atoms with Crippen molar-refractivity contribution in [2.75, 3.05) is 7.11 Å². The molecule has 0 spiro atoms. The molecule has 0 aliphatic rings. The van der Waals surface area contributed by atoms with E-state index in [0.29, 0.717) is 22.6 Å². The summed E-state index contributed by atoms with van der Waals surface area (Å²) in [6, 6.07) is 8.91. The van der Waals surface area contributed by atoms with Crippen LogP contribution in [0, 0.1) is 13.8 Å². The van der Waals surface area contributed by atoms with E-state index in [1.165, 1.54) is 0 Å². The van der Waals surface area contributed by atoms with Crippen LogP contribution in [0.3, 0.4) is 0 Å². The molecule has 0 radical (unpaired) electrons. The van der Waals surface area contributed by atoms with Gasteiger partial charge in [-0.1, -0.05) is 12.1 Å². The molecule has 0 saturated carbocycles. The normalized spacial score (nSPS) is 10.2. The molecule has 1 aromatic carbocycles. The van der Waals surface area contributed by atoms with Gasteiger partial charge in [0.25, 0.3) is 0 Å². The SMILES string of the molecule is COc1ccccc1C(=O)c1cc(C)nnc1C. The van der Waals surface area contributed by atoms with Crippen molar-refractivity contribution in [3.05, 3.63) is 52.8 Å². The fourth-order valence-electron chi connectivity index (χ4n) is 1.76. The van der Waals surface area contributed by atoms with Crippen LogP contribution in [0.2, 0.25) is 0 Å². The van der Waals surface area contributed by atoms with Crippen LogP contribution in [-0.4, -0.2) is 23.1 Å². The number of hydrogen-bond acceptors (Lipinski definition) is 4. The molecule has 0 unspecified atom stereocenters. The minimum absolute atomic E-state index is 0.0945. The zero-order chi connectivity index (χ0) is 13.1. The van der Waals surface area contributed by atoms with Crippen LogP contribution >= 0.6 is 0 Å². The maximum absolute atomic E-state index is 12.5. The van der Waals surface area contributed by atoms with Crippen molar-refractivity contribution in [1.29, 1.82) is 0 Å². The predicted octanol–water partition coefficient (Wildman–Crippen LogP) is 2.33. The highest BCUT2D eigenvalue weighted by atomic mass is 16.5. The van der Waals surface area contributed by atoms with E-state index in [1.54, 1.807) is 32.2 Å². The van der Waals surface area contributed by atoms with Crippen molar-refractivity contribution in [3.63, 3.8) is 0 Å². The zero-order valence-electron chi connectivity index (χ0n) is 10.6. The van der Waals surface area contributed by atoms with Crippen LogP contribution in [0.4, 0.5) is 0 Å². The van der Waals surface area contributed by atoms with Crippen LogP contribution in [-0.2, 0) is 0 Å². The van der Waals surface area contributed by atoms with Gasteiger partial charge < -0.3 is 4.74 Å². The second kappa shape index (κ2) is 4.96. The number of benzene rings is 1. The zero-order valence-corrected chi connectivity index (χ0v) is 10.6. The number of nitrogens with zero attached hydrogens (tertiary/aromatic N) is 2. The lowest BCUT2D eigenvalue weighted by Gasteiger charge is -2.08. The molecule has 2 aromatic rings. The molecule has 0 fully saturated rings. The number of carbonyl (C=O) groups is 1. The Labute approximate surface area is 106 Å². The number of hydrogen-bond donors (Lipinski definition) is 0. The van der Waals surface area contributed by atoms with Gasteiger partial charge >= 0.3 is 0 Å². The summed E-state index contributed by atoms with van der Waals surface area (Å²) in [5.41, 5.74) is 2.44. The highest BCUT2D eigenvalue weighted by Crippen LogP contribution is 2.22. The molecule has 2 rings (SSSR count). The number of methoxy groups -OCH3 is 1. The second-order valence-electron chi connectivity index (χ2n) is 4.01. The number of ether oxygens (including phenoxy) is 1. The molecule has 0 bridgehead atoms. The average Bonchev–Trinajstić information content (AvgIpc) is 2.40. The molecular formula is C14H14N2O2. The Bertz CT molecular complexity index is 594. The summed E-state index contributed by atoms with van der Waals surface area (Å²) in [5.74, 6) is 0.472. The fourth-order valence-corrected chi connectivity index (χ4v) is 1.76. The van der Waals surface area contributed by atoms with E-state index in [1.807, 2.05) is 19.1 Å². The summed E-state index contributed by atoms with van der Waals surface area (Å²) in [4.78, 5) is 12.5. The van der Waals surface area contributed by atoms with Gasteiger partial charge in [0.2, 0.25) is 0 Å². The molecule has 0 N–H and O–H groups in total. The first-order chi connectivity index (χ1) is 8.63. The van der Waals surface area contributed by atoms with Gasteiger partial charge in [0.05, 0.1) is 24.1 Å². The molecule has 4 nitrogen and oxygen atoms in total. The molecule has 4 heteroatoms. The fraction of sp³-hybridized carbons (Fsp3) is 0.214. The van der Waals surface area contributed by atoms with Gasteiger partial charge in [-0.25, -0.2) is 0 Å². The van der Waals surface area contributed by atoms with Crippen molar-refractivity contribution < 1.29 is 9.53 Å². The molecule has 1 aromatic heterocycles. The van der Waals surface area contributed by atoms with Gasteiger partial charge in [-0.15, -0.1) is 0 Å². The van der Waals surface area contributed by atoms with E-state index in [4.69, 9.17) is 4.74 Å². The number of para-hydroxylation sites is 1. The third-order valence-electron chi connectivity index (χ3n) is 2.70. The van der Waals surface area contributed by atoms with Crippen molar-refractivity contribution >= 4 is 5.78 Å². The van der Waals surface area contributed by atoms with E-state index in [0.717, 1.165) is 5.69 Å². The first kappa shape index (κ1) is 12.2. The highest BCUT2D eigenvalue weighted by Gasteiger charge is 2.17. The largest absolute Gasteiger partial charge is 0.496 e. The smallest absolute Gasteiger partial charge is 0.198 e. The van der Waals surface area contributed by atoms with Crippen LogP contribution in [0.25, 0.3) is 0 Å². The number of aromatic nitrogens is 2. The Hall–Kier alpha value is -2.23. The van der Waals surface area contributed by atoms with Gasteiger partial charge in [-0.3, -0.25) is 4.79 Å². The van der Waals surface area contributed by atoms with Gasteiger partial charge in [-0.05, 0) is 32.0 Å². The number of aryl methyl sites for hydroxylation is 2. The maximum atomic E-state index is 12.5. The van der Waals surface area contributed by atoms with Crippen LogP contribution in [0.15, 0.2) is 30.3 Å². The summed E-state index contributed by atoms with van der Waals surface area (Å²) < 4.78 is 5.20. The minimum Gasteiger partial charge on any atom is -0.496 e. The topological polar surface area (TPSA) is 52.1 Å². The molecule has 92 valence electrons. The van der Waals surface area contributed by atoms with Crippen molar-refractivity contribution in [2.45, 2.75) is 13.8 Å². The van der Waals surface area contributed by atoms with E-state index in [9.17, 15) is 4.79 Å². The molecule has 0 aliphatic carbocycles.